The Morgan fingerprint density at radius 2 is 2.15 bits per heavy atom. The lowest BCUT2D eigenvalue weighted by Gasteiger charge is -2.21. The zero-order chi connectivity index (χ0) is 15.2. The van der Waals surface area contributed by atoms with Crippen molar-refractivity contribution in [3.8, 4) is 5.75 Å². The van der Waals surface area contributed by atoms with E-state index < -0.39 is 17.1 Å². The molecule has 0 spiro atoms. The van der Waals surface area contributed by atoms with Gasteiger partial charge in [0, 0.05) is 24.4 Å². The Hall–Kier alpha value is -1.86. The van der Waals surface area contributed by atoms with Gasteiger partial charge in [0.15, 0.2) is 0 Å². The van der Waals surface area contributed by atoms with Gasteiger partial charge in [-0.1, -0.05) is 6.92 Å². The topological polar surface area (TPSA) is 105 Å². The molecule has 1 unspecified atom stereocenters. The lowest BCUT2D eigenvalue weighted by Crippen LogP contribution is -2.37. The molecule has 1 aromatic rings. The van der Waals surface area contributed by atoms with Crippen LogP contribution in [0.1, 0.15) is 20.3 Å². The summed E-state index contributed by atoms with van der Waals surface area (Å²) in [6.45, 7) is 3.53. The molecule has 0 bridgehead atoms. The van der Waals surface area contributed by atoms with Gasteiger partial charge in [0.1, 0.15) is 11.4 Å². The van der Waals surface area contributed by atoms with E-state index >= 15 is 0 Å². The van der Waals surface area contributed by atoms with Crippen molar-refractivity contribution in [3.05, 3.63) is 28.3 Å². The van der Waals surface area contributed by atoms with Crippen LogP contribution in [-0.2, 0) is 0 Å². The number of benzene rings is 1. The molecule has 20 heavy (non-hydrogen) atoms. The van der Waals surface area contributed by atoms with Crippen LogP contribution >= 0.6 is 0 Å². The number of anilines is 1. The first-order chi connectivity index (χ1) is 9.38. The monoisotopic (exact) mass is 284 g/mol. The number of rotatable bonds is 8. The molecule has 0 aromatic heterocycles. The van der Waals surface area contributed by atoms with Crippen molar-refractivity contribution < 1.29 is 19.9 Å². The molecule has 0 amide bonds. The lowest BCUT2D eigenvalue weighted by atomic mass is 10.1. The predicted octanol–water partition coefficient (Wildman–Crippen LogP) is 1.54. The summed E-state index contributed by atoms with van der Waals surface area (Å²) in [5, 5.41) is 32.4. The Labute approximate surface area is 117 Å². The summed E-state index contributed by atoms with van der Waals surface area (Å²) in [4.78, 5) is 10.4. The minimum atomic E-state index is -1.30. The van der Waals surface area contributed by atoms with E-state index in [4.69, 9.17) is 9.84 Å². The van der Waals surface area contributed by atoms with Crippen molar-refractivity contribution in [1.82, 2.24) is 0 Å². The molecule has 7 heteroatoms. The summed E-state index contributed by atoms with van der Waals surface area (Å²) in [6, 6.07) is 4.33. The van der Waals surface area contributed by atoms with Gasteiger partial charge < -0.3 is 20.3 Å². The molecule has 0 aliphatic heterocycles. The van der Waals surface area contributed by atoms with Crippen molar-refractivity contribution in [2.45, 2.75) is 25.9 Å². The number of nitrogens with zero attached hydrogens (tertiary/aromatic N) is 1. The second kappa shape index (κ2) is 7.06. The number of non-ortho nitro benzene ring substituents is 1. The Morgan fingerprint density at radius 3 is 2.70 bits per heavy atom. The van der Waals surface area contributed by atoms with Crippen LogP contribution in [0.3, 0.4) is 0 Å². The van der Waals surface area contributed by atoms with Gasteiger partial charge in [0.25, 0.3) is 5.69 Å². The van der Waals surface area contributed by atoms with E-state index in [2.05, 4.69) is 5.32 Å². The third-order valence-electron chi connectivity index (χ3n) is 2.59. The molecule has 0 heterocycles. The molecule has 0 aliphatic rings. The van der Waals surface area contributed by atoms with Gasteiger partial charge in [0.05, 0.1) is 24.2 Å². The summed E-state index contributed by atoms with van der Waals surface area (Å²) >= 11 is 0. The average molecular weight is 284 g/mol. The van der Waals surface area contributed by atoms with Crippen LogP contribution in [0, 0.1) is 10.1 Å². The first-order valence-electron chi connectivity index (χ1n) is 6.37. The molecular formula is C13H20N2O5. The van der Waals surface area contributed by atoms with Crippen LogP contribution in [0.15, 0.2) is 18.2 Å². The Bertz CT molecular complexity index is 462. The maximum Gasteiger partial charge on any atom is 0.275 e. The van der Waals surface area contributed by atoms with E-state index in [1.807, 2.05) is 6.92 Å². The Morgan fingerprint density at radius 1 is 1.45 bits per heavy atom. The molecule has 1 aromatic carbocycles. The van der Waals surface area contributed by atoms with Gasteiger partial charge >= 0.3 is 0 Å². The molecular weight excluding hydrogens is 264 g/mol. The largest absolute Gasteiger partial charge is 0.493 e. The summed E-state index contributed by atoms with van der Waals surface area (Å²) in [7, 11) is 0. The molecule has 3 N–H and O–H groups in total. The first kappa shape index (κ1) is 16.2. The number of hydrogen-bond donors (Lipinski definition) is 3. The molecule has 1 rings (SSSR count). The van der Waals surface area contributed by atoms with Crippen LogP contribution in [0.5, 0.6) is 5.75 Å². The van der Waals surface area contributed by atoms with E-state index in [0.29, 0.717) is 18.0 Å². The smallest absolute Gasteiger partial charge is 0.275 e. The molecule has 0 saturated heterocycles. The number of nitro groups is 1. The van der Waals surface area contributed by atoms with Crippen LogP contribution in [-0.4, -0.2) is 40.5 Å². The summed E-state index contributed by atoms with van der Waals surface area (Å²) in [5.74, 6) is 0.396. The van der Waals surface area contributed by atoms with Gasteiger partial charge in [0.2, 0.25) is 0 Å². The number of aliphatic hydroxyl groups excluding tert-OH is 1. The van der Waals surface area contributed by atoms with E-state index in [-0.39, 0.29) is 12.2 Å². The third kappa shape index (κ3) is 5.02. The number of aliphatic hydroxyl groups is 2. The van der Waals surface area contributed by atoms with E-state index in [1.54, 1.807) is 6.07 Å². The fourth-order valence-electron chi connectivity index (χ4n) is 1.44. The minimum absolute atomic E-state index is 0.0673. The van der Waals surface area contributed by atoms with Gasteiger partial charge in [-0.15, -0.1) is 0 Å². The first-order valence-corrected chi connectivity index (χ1v) is 6.37. The standard InChI is InChI=1S/C13H20N2O5/c1-3-4-20-12-6-10(5-11(7-12)15(18)19)14-8-13(2,17)9-16/h5-7,14,16-17H,3-4,8-9H2,1-2H3. The average Bonchev–Trinajstić information content (AvgIpc) is 2.43. The molecule has 0 radical (unpaired) electrons. The maximum atomic E-state index is 10.9. The second-order valence-electron chi connectivity index (χ2n) is 4.83. The fraction of sp³-hybridized carbons (Fsp3) is 0.538. The van der Waals surface area contributed by atoms with Crippen molar-refractivity contribution in [1.29, 1.82) is 0 Å². The maximum absolute atomic E-state index is 10.9. The molecule has 0 fully saturated rings. The highest BCUT2D eigenvalue weighted by atomic mass is 16.6. The Kier molecular flexibility index (Phi) is 5.72. The van der Waals surface area contributed by atoms with Gasteiger partial charge in [-0.3, -0.25) is 10.1 Å². The van der Waals surface area contributed by atoms with Crippen molar-refractivity contribution in [3.63, 3.8) is 0 Å². The normalized spacial score (nSPS) is 13.6. The molecule has 112 valence electrons. The fourth-order valence-corrected chi connectivity index (χ4v) is 1.44. The van der Waals surface area contributed by atoms with Crippen molar-refractivity contribution in [2.24, 2.45) is 0 Å². The third-order valence-corrected chi connectivity index (χ3v) is 2.59. The van der Waals surface area contributed by atoms with Gasteiger partial charge in [-0.05, 0) is 13.3 Å². The number of hydrogen-bond acceptors (Lipinski definition) is 6. The van der Waals surface area contributed by atoms with Crippen LogP contribution in [0.2, 0.25) is 0 Å². The summed E-state index contributed by atoms with van der Waals surface area (Å²) in [5.41, 5.74) is -0.932. The molecule has 0 saturated carbocycles. The quantitative estimate of drug-likeness (QED) is 0.494. The highest BCUT2D eigenvalue weighted by Crippen LogP contribution is 2.26. The highest BCUT2D eigenvalue weighted by molar-refractivity contribution is 5.56. The molecule has 1 atom stereocenters. The molecule has 0 aliphatic carbocycles. The number of nitrogens with one attached hydrogen (secondary N) is 1. The minimum Gasteiger partial charge on any atom is -0.493 e. The lowest BCUT2D eigenvalue weighted by molar-refractivity contribution is -0.384. The number of nitro benzene ring substituents is 1. The van der Waals surface area contributed by atoms with Crippen molar-refractivity contribution in [2.75, 3.05) is 25.1 Å². The van der Waals surface area contributed by atoms with Crippen LogP contribution < -0.4 is 10.1 Å². The van der Waals surface area contributed by atoms with E-state index in [1.165, 1.54) is 19.1 Å². The van der Waals surface area contributed by atoms with Crippen molar-refractivity contribution >= 4 is 11.4 Å². The summed E-state index contributed by atoms with van der Waals surface area (Å²) in [6.07, 6.45) is 0.796. The molecule has 7 nitrogen and oxygen atoms in total. The van der Waals surface area contributed by atoms with Gasteiger partial charge in [-0.25, -0.2) is 0 Å². The predicted molar refractivity (Wildman–Crippen MR) is 75.1 cm³/mol. The SMILES string of the molecule is CCCOc1cc(NCC(C)(O)CO)cc([N+](=O)[O-])c1. The summed E-state index contributed by atoms with van der Waals surface area (Å²) < 4.78 is 5.39. The van der Waals surface area contributed by atoms with E-state index in [9.17, 15) is 15.2 Å². The Balaban J connectivity index is 2.88. The second-order valence-corrected chi connectivity index (χ2v) is 4.83. The van der Waals surface area contributed by atoms with E-state index in [0.717, 1.165) is 6.42 Å². The highest BCUT2D eigenvalue weighted by Gasteiger charge is 2.19. The zero-order valence-electron chi connectivity index (χ0n) is 11.6. The van der Waals surface area contributed by atoms with Crippen LogP contribution in [0.4, 0.5) is 11.4 Å². The van der Waals surface area contributed by atoms with Crippen LogP contribution in [0.25, 0.3) is 0 Å². The van der Waals surface area contributed by atoms with Gasteiger partial charge in [-0.2, -0.15) is 0 Å². The number of ether oxygens (including phenoxy) is 1. The zero-order valence-corrected chi connectivity index (χ0v) is 11.6.